The number of carbonyl (C=O) groups is 2. The molecule has 0 aliphatic carbocycles. The Balaban J connectivity index is 1.58. The van der Waals surface area contributed by atoms with E-state index in [2.05, 4.69) is 0 Å². The second-order valence-corrected chi connectivity index (χ2v) is 12.6. The molecule has 0 spiro atoms. The molecule has 4 rings (SSSR count). The van der Waals surface area contributed by atoms with E-state index in [4.69, 9.17) is 29.4 Å². The van der Waals surface area contributed by atoms with Crippen molar-refractivity contribution < 1.29 is 63.9 Å². The van der Waals surface area contributed by atoms with Gasteiger partial charge in [-0.05, 0) is 19.9 Å². The predicted molar refractivity (Wildman–Crippen MR) is 165 cm³/mol. The van der Waals surface area contributed by atoms with Crippen LogP contribution in [0.15, 0.2) is 60.8 Å². The van der Waals surface area contributed by atoms with Crippen LogP contribution in [-0.4, -0.2) is 122 Å². The lowest BCUT2D eigenvalue weighted by molar-refractivity contribution is -0.308. The number of hydrogen-bond donors (Lipinski definition) is 7. The van der Waals surface area contributed by atoms with Crippen LogP contribution in [0.1, 0.15) is 46.0 Å². The van der Waals surface area contributed by atoms with Crippen LogP contribution < -0.4 is 5.73 Å². The fourth-order valence-electron chi connectivity index (χ4n) is 6.00. The number of carbonyl (C=O) groups excluding carboxylic acids is 1. The first kappa shape index (κ1) is 37.1. The number of aliphatic carboxylic acids is 1. The topological polar surface area (TPSA) is 231 Å². The van der Waals surface area contributed by atoms with E-state index in [1.807, 2.05) is 6.08 Å². The van der Waals surface area contributed by atoms with Crippen LogP contribution in [0.4, 0.5) is 0 Å². The van der Waals surface area contributed by atoms with Crippen LogP contribution in [0, 0.1) is 5.92 Å². The highest BCUT2D eigenvalue weighted by Crippen LogP contribution is 2.39. The molecule has 3 fully saturated rings. The smallest absolute Gasteiger partial charge is 0.330 e. The number of rotatable bonds is 3. The third kappa shape index (κ3) is 10.6. The fourth-order valence-corrected chi connectivity index (χ4v) is 6.00. The number of hydrogen-bond acceptors (Lipinski definition) is 13. The molecule has 0 radical (unpaired) electrons. The number of carboxylic acids is 1. The first-order chi connectivity index (χ1) is 22.3. The zero-order chi connectivity index (χ0) is 34.3. The molecule has 0 aromatic rings. The number of cyclic esters (lactones) is 1. The minimum absolute atomic E-state index is 0.0789. The second kappa shape index (κ2) is 16.6. The molecular weight excluding hydrogens is 618 g/mol. The monoisotopic (exact) mass is 665 g/mol. The summed E-state index contributed by atoms with van der Waals surface area (Å²) in [6.07, 6.45) is 5.25. The number of aliphatic hydroxyl groups excluding tert-OH is 4. The Morgan fingerprint density at radius 2 is 1.64 bits per heavy atom. The van der Waals surface area contributed by atoms with Crippen molar-refractivity contribution in [3.8, 4) is 0 Å². The van der Waals surface area contributed by atoms with E-state index in [0.717, 1.165) is 0 Å². The SMILES string of the molecule is C[C@@H]1O[C@H](O[C@@H]2\C=C/C=C\C=C/C=C\C[C@H](C)OC(=O)/C=C\[C@H]3O[C@@H]3C[C@H](O)C[C@]3(O)C[C@@H](O)[C@@H](C(=O)O)[C@H](C2)O3)[C@@H](O)[C@H](N)[C@@H]1O. The Morgan fingerprint density at radius 1 is 0.936 bits per heavy atom. The molecule has 0 aromatic carbocycles. The molecule has 4 aliphatic heterocycles. The summed E-state index contributed by atoms with van der Waals surface area (Å²) in [5, 5.41) is 63.9. The molecule has 0 amide bonds. The normalized spacial score (nSPS) is 47.2. The number of epoxide rings is 1. The fraction of sp³-hybridized carbons (Fsp3) is 0.636. The zero-order valence-electron chi connectivity index (χ0n) is 26.4. The van der Waals surface area contributed by atoms with E-state index in [1.54, 1.807) is 56.4 Å². The number of aliphatic hydroxyl groups is 5. The minimum atomic E-state index is -2.10. The molecule has 14 heteroatoms. The molecule has 3 saturated heterocycles. The summed E-state index contributed by atoms with van der Waals surface area (Å²) >= 11 is 0. The number of ether oxygens (including phenoxy) is 5. The average molecular weight is 666 g/mol. The van der Waals surface area contributed by atoms with Crippen molar-refractivity contribution in [3.63, 3.8) is 0 Å². The van der Waals surface area contributed by atoms with Crippen LogP contribution in [0.25, 0.3) is 0 Å². The van der Waals surface area contributed by atoms with E-state index in [1.165, 1.54) is 12.2 Å². The molecule has 14 nitrogen and oxygen atoms in total. The maximum Gasteiger partial charge on any atom is 0.330 e. The van der Waals surface area contributed by atoms with Gasteiger partial charge in [0.1, 0.15) is 24.2 Å². The number of fused-ring (bicyclic) bond motifs is 3. The van der Waals surface area contributed by atoms with Gasteiger partial charge in [-0.2, -0.15) is 0 Å². The van der Waals surface area contributed by atoms with Crippen LogP contribution in [-0.2, 0) is 33.3 Å². The third-order valence-corrected chi connectivity index (χ3v) is 8.58. The molecule has 0 unspecified atom stereocenters. The molecule has 14 atom stereocenters. The number of carboxylic acid groups (broad SMARTS) is 1. The predicted octanol–water partition coefficient (Wildman–Crippen LogP) is 0.120. The van der Waals surface area contributed by atoms with Crippen molar-refractivity contribution in [1.82, 2.24) is 0 Å². The summed E-state index contributed by atoms with van der Waals surface area (Å²) in [5.74, 6) is -5.45. The Labute approximate surface area is 273 Å². The van der Waals surface area contributed by atoms with Crippen molar-refractivity contribution in [2.45, 2.75) is 125 Å². The molecule has 262 valence electrons. The van der Waals surface area contributed by atoms with Gasteiger partial charge < -0.3 is 60.1 Å². The van der Waals surface area contributed by atoms with Crippen molar-refractivity contribution in [2.75, 3.05) is 0 Å². The van der Waals surface area contributed by atoms with Gasteiger partial charge in [0.15, 0.2) is 12.1 Å². The molecule has 8 N–H and O–H groups in total. The zero-order valence-corrected chi connectivity index (χ0v) is 26.4. The molecule has 47 heavy (non-hydrogen) atoms. The van der Waals surface area contributed by atoms with Gasteiger partial charge in [-0.25, -0.2) is 4.79 Å². The van der Waals surface area contributed by atoms with E-state index in [0.29, 0.717) is 6.42 Å². The second-order valence-electron chi connectivity index (χ2n) is 12.6. The van der Waals surface area contributed by atoms with Crippen LogP contribution in [0.5, 0.6) is 0 Å². The van der Waals surface area contributed by atoms with Crippen LogP contribution in [0.2, 0.25) is 0 Å². The van der Waals surface area contributed by atoms with Gasteiger partial charge in [-0.15, -0.1) is 0 Å². The Kier molecular flexibility index (Phi) is 13.1. The van der Waals surface area contributed by atoms with Crippen molar-refractivity contribution in [3.05, 3.63) is 60.8 Å². The Morgan fingerprint density at radius 3 is 2.36 bits per heavy atom. The van der Waals surface area contributed by atoms with E-state index < -0.39 is 97.3 Å². The highest BCUT2D eigenvalue weighted by molar-refractivity contribution is 5.82. The van der Waals surface area contributed by atoms with Crippen LogP contribution >= 0.6 is 0 Å². The third-order valence-electron chi connectivity index (χ3n) is 8.58. The van der Waals surface area contributed by atoms with Gasteiger partial charge in [0.05, 0.1) is 48.8 Å². The Bertz CT molecular complexity index is 1220. The molecular formula is C33H47NO13. The first-order valence-corrected chi connectivity index (χ1v) is 15.9. The van der Waals surface area contributed by atoms with Crippen molar-refractivity contribution >= 4 is 11.9 Å². The lowest BCUT2D eigenvalue weighted by atomic mass is 9.83. The van der Waals surface area contributed by atoms with E-state index in [9.17, 15) is 40.2 Å². The van der Waals surface area contributed by atoms with E-state index in [-0.39, 0.29) is 25.4 Å². The number of allylic oxidation sites excluding steroid dienone is 6. The summed E-state index contributed by atoms with van der Waals surface area (Å²) in [7, 11) is 0. The van der Waals surface area contributed by atoms with Gasteiger partial charge >= 0.3 is 11.9 Å². The standard InChI is InChI=1S/C33H47NO13/c1-18-10-8-6-4-3-5-7-9-11-21(45-32-30(39)28(34)29(38)19(2)44-32)15-25-27(31(40)41)22(36)17-33(42,47-25)16-20(35)14-24-23(46-24)12-13-26(37)43-18/h3-9,11-13,18-25,27-30,32,35-36,38-39,42H,10,14-17,34H2,1-2H3,(H,40,41)/b4-3-,7-5-,8-6-,11-9-,13-12-/t18-,19-,20-,21+,22+,23+,24+,25-,27+,28+,29+,30-,32+,33+/m0/s1. The van der Waals surface area contributed by atoms with Gasteiger partial charge in [0, 0.05) is 38.2 Å². The summed E-state index contributed by atoms with van der Waals surface area (Å²) in [6.45, 7) is 3.34. The van der Waals surface area contributed by atoms with E-state index >= 15 is 0 Å². The molecule has 0 aromatic heterocycles. The lowest BCUT2D eigenvalue weighted by Crippen LogP contribution is -2.61. The maximum absolute atomic E-state index is 12.3. The highest BCUT2D eigenvalue weighted by Gasteiger charge is 2.51. The van der Waals surface area contributed by atoms with Gasteiger partial charge in [-0.1, -0.05) is 48.6 Å². The lowest BCUT2D eigenvalue weighted by Gasteiger charge is -2.45. The van der Waals surface area contributed by atoms with Crippen LogP contribution in [0.3, 0.4) is 0 Å². The molecule has 0 saturated carbocycles. The highest BCUT2D eigenvalue weighted by atomic mass is 16.7. The quantitative estimate of drug-likeness (QED) is 0.157. The van der Waals surface area contributed by atoms with Crippen molar-refractivity contribution in [1.29, 1.82) is 0 Å². The average Bonchev–Trinajstić information content (AvgIpc) is 3.72. The van der Waals surface area contributed by atoms with Gasteiger partial charge in [0.2, 0.25) is 0 Å². The minimum Gasteiger partial charge on any atom is -0.481 e. The molecule has 2 bridgehead atoms. The number of nitrogens with two attached hydrogens (primary N) is 1. The largest absolute Gasteiger partial charge is 0.481 e. The molecule has 4 aliphatic rings. The summed E-state index contributed by atoms with van der Waals surface area (Å²) in [6, 6.07) is -1.08. The van der Waals surface area contributed by atoms with Crippen molar-refractivity contribution in [2.24, 2.45) is 11.7 Å². The van der Waals surface area contributed by atoms with Gasteiger partial charge in [0.25, 0.3) is 0 Å². The summed E-state index contributed by atoms with van der Waals surface area (Å²) < 4.78 is 28.5. The maximum atomic E-state index is 12.3. The summed E-state index contributed by atoms with van der Waals surface area (Å²) in [4.78, 5) is 24.4. The Hall–Kier alpha value is -2.76. The molecule has 4 heterocycles. The summed E-state index contributed by atoms with van der Waals surface area (Å²) in [5.41, 5.74) is 5.98. The number of esters is 1. The van der Waals surface area contributed by atoms with Gasteiger partial charge in [-0.3, -0.25) is 4.79 Å². The first-order valence-electron chi connectivity index (χ1n) is 15.9.